The number of halogens is 1. The maximum Gasteiger partial charge on any atom is 0.307 e. The molecule has 1 aliphatic rings. The molecule has 0 radical (unpaired) electrons. The van der Waals surface area contributed by atoms with Crippen molar-refractivity contribution in [3.05, 3.63) is 28.2 Å². The van der Waals surface area contributed by atoms with Gasteiger partial charge < -0.3 is 15.2 Å². The molecule has 0 aliphatic heterocycles. The molecule has 1 saturated carbocycles. The van der Waals surface area contributed by atoms with Crippen molar-refractivity contribution in [2.75, 3.05) is 12.4 Å². The summed E-state index contributed by atoms with van der Waals surface area (Å²) in [6, 6.07) is 5.49. The summed E-state index contributed by atoms with van der Waals surface area (Å²) < 4.78 is 5.99. The van der Waals surface area contributed by atoms with Crippen molar-refractivity contribution >= 4 is 33.5 Å². The van der Waals surface area contributed by atoms with Crippen LogP contribution in [0.3, 0.4) is 0 Å². The fraction of sp³-hybridized carbons (Fsp3) is 0.467. The van der Waals surface area contributed by atoms with Gasteiger partial charge in [0.2, 0.25) is 5.91 Å². The SMILES string of the molecule is COCc1c(Br)cccc1NC(=O)C1CCCC1C(=O)O. The van der Waals surface area contributed by atoms with E-state index in [1.54, 1.807) is 13.2 Å². The lowest BCUT2D eigenvalue weighted by Crippen LogP contribution is -2.30. The van der Waals surface area contributed by atoms with Gasteiger partial charge in [0, 0.05) is 22.8 Å². The second kappa shape index (κ2) is 7.04. The van der Waals surface area contributed by atoms with E-state index in [1.807, 2.05) is 12.1 Å². The van der Waals surface area contributed by atoms with Crippen LogP contribution in [0.5, 0.6) is 0 Å². The van der Waals surface area contributed by atoms with Crippen LogP contribution in [0, 0.1) is 11.8 Å². The zero-order chi connectivity index (χ0) is 15.4. The van der Waals surface area contributed by atoms with Crippen molar-refractivity contribution in [3.63, 3.8) is 0 Å². The highest BCUT2D eigenvalue weighted by Gasteiger charge is 2.37. The van der Waals surface area contributed by atoms with Crippen molar-refractivity contribution in [2.45, 2.75) is 25.9 Å². The highest BCUT2D eigenvalue weighted by Crippen LogP contribution is 2.34. The van der Waals surface area contributed by atoms with Crippen LogP contribution in [-0.4, -0.2) is 24.1 Å². The van der Waals surface area contributed by atoms with Gasteiger partial charge in [-0.05, 0) is 25.0 Å². The fourth-order valence-electron chi connectivity index (χ4n) is 2.76. The average Bonchev–Trinajstić information content (AvgIpc) is 2.92. The summed E-state index contributed by atoms with van der Waals surface area (Å²) in [7, 11) is 1.59. The van der Waals surface area contributed by atoms with Gasteiger partial charge in [-0.1, -0.05) is 28.4 Å². The Bertz CT molecular complexity index is 546. The molecule has 2 atom stereocenters. The maximum atomic E-state index is 12.4. The van der Waals surface area contributed by atoms with Crippen LogP contribution in [-0.2, 0) is 20.9 Å². The van der Waals surface area contributed by atoms with E-state index in [1.165, 1.54) is 0 Å². The molecule has 2 N–H and O–H groups in total. The monoisotopic (exact) mass is 355 g/mol. The Morgan fingerprint density at radius 1 is 1.38 bits per heavy atom. The van der Waals surface area contributed by atoms with Crippen LogP contribution in [0.4, 0.5) is 5.69 Å². The van der Waals surface area contributed by atoms with Crippen LogP contribution in [0.1, 0.15) is 24.8 Å². The molecule has 1 amide bonds. The van der Waals surface area contributed by atoms with Crippen molar-refractivity contribution in [1.29, 1.82) is 0 Å². The smallest absolute Gasteiger partial charge is 0.307 e. The molecule has 2 unspecified atom stereocenters. The minimum Gasteiger partial charge on any atom is -0.481 e. The van der Waals surface area contributed by atoms with Crippen LogP contribution in [0.15, 0.2) is 22.7 Å². The first-order valence-electron chi connectivity index (χ1n) is 6.84. The Morgan fingerprint density at radius 3 is 2.76 bits per heavy atom. The molecule has 0 bridgehead atoms. The Labute approximate surface area is 131 Å². The number of rotatable bonds is 5. The summed E-state index contributed by atoms with van der Waals surface area (Å²) in [6.45, 7) is 0.365. The molecule has 0 saturated heterocycles. The van der Waals surface area contributed by atoms with Crippen molar-refractivity contribution < 1.29 is 19.4 Å². The number of methoxy groups -OCH3 is 1. The summed E-state index contributed by atoms with van der Waals surface area (Å²) in [5.41, 5.74) is 1.51. The zero-order valence-electron chi connectivity index (χ0n) is 11.8. The summed E-state index contributed by atoms with van der Waals surface area (Å²) >= 11 is 3.43. The van der Waals surface area contributed by atoms with Gasteiger partial charge in [-0.25, -0.2) is 0 Å². The molecule has 1 aromatic rings. The zero-order valence-corrected chi connectivity index (χ0v) is 13.4. The van der Waals surface area contributed by atoms with E-state index >= 15 is 0 Å². The Morgan fingerprint density at radius 2 is 2.10 bits per heavy atom. The molecular weight excluding hydrogens is 338 g/mol. The second-order valence-electron chi connectivity index (χ2n) is 5.17. The molecule has 21 heavy (non-hydrogen) atoms. The number of benzene rings is 1. The number of anilines is 1. The predicted octanol–water partition coefficient (Wildman–Crippen LogP) is 3.03. The summed E-state index contributed by atoms with van der Waals surface area (Å²) in [4.78, 5) is 23.6. The Balaban J connectivity index is 2.16. The Hall–Kier alpha value is -1.40. The van der Waals surface area contributed by atoms with E-state index in [0.29, 0.717) is 25.1 Å². The minimum absolute atomic E-state index is 0.227. The van der Waals surface area contributed by atoms with E-state index in [9.17, 15) is 14.7 Å². The number of hydrogen-bond donors (Lipinski definition) is 2. The predicted molar refractivity (Wildman–Crippen MR) is 82.0 cm³/mol. The highest BCUT2D eigenvalue weighted by atomic mass is 79.9. The number of amides is 1. The van der Waals surface area contributed by atoms with Gasteiger partial charge in [0.1, 0.15) is 0 Å². The summed E-state index contributed by atoms with van der Waals surface area (Å²) in [5, 5.41) is 12.0. The second-order valence-corrected chi connectivity index (χ2v) is 6.02. The van der Waals surface area contributed by atoms with E-state index in [4.69, 9.17) is 4.74 Å². The van der Waals surface area contributed by atoms with Crippen molar-refractivity contribution in [1.82, 2.24) is 0 Å². The minimum atomic E-state index is -0.890. The molecule has 1 fully saturated rings. The average molecular weight is 356 g/mol. The lowest BCUT2D eigenvalue weighted by atomic mass is 9.95. The van der Waals surface area contributed by atoms with Crippen LogP contribution < -0.4 is 5.32 Å². The van der Waals surface area contributed by atoms with Crippen molar-refractivity contribution in [2.24, 2.45) is 11.8 Å². The fourth-order valence-corrected chi connectivity index (χ4v) is 3.24. The van der Waals surface area contributed by atoms with Gasteiger partial charge in [-0.3, -0.25) is 9.59 Å². The molecule has 1 aromatic carbocycles. The highest BCUT2D eigenvalue weighted by molar-refractivity contribution is 9.10. The number of hydrogen-bond acceptors (Lipinski definition) is 3. The lowest BCUT2D eigenvalue weighted by Gasteiger charge is -2.18. The quantitative estimate of drug-likeness (QED) is 0.850. The molecule has 0 heterocycles. The van der Waals surface area contributed by atoms with Gasteiger partial charge in [0.25, 0.3) is 0 Å². The standard InChI is InChI=1S/C15H18BrNO4/c1-21-8-11-12(16)6-3-7-13(11)17-14(18)9-4-2-5-10(9)15(19)20/h3,6-7,9-10H,2,4-5,8H2,1H3,(H,17,18)(H,19,20). The lowest BCUT2D eigenvalue weighted by molar-refractivity contribution is -0.145. The molecule has 5 nitrogen and oxygen atoms in total. The number of aliphatic carboxylic acids is 1. The van der Waals surface area contributed by atoms with Crippen LogP contribution >= 0.6 is 15.9 Å². The molecule has 6 heteroatoms. The third-order valence-electron chi connectivity index (χ3n) is 3.84. The van der Waals surface area contributed by atoms with Gasteiger partial charge >= 0.3 is 5.97 Å². The third-order valence-corrected chi connectivity index (χ3v) is 4.58. The number of carboxylic acids is 1. The summed E-state index contributed by atoms with van der Waals surface area (Å²) in [6.07, 6.45) is 1.96. The van der Waals surface area contributed by atoms with E-state index in [2.05, 4.69) is 21.2 Å². The molecule has 1 aliphatic carbocycles. The number of ether oxygens (including phenoxy) is 1. The first-order valence-corrected chi connectivity index (χ1v) is 7.64. The normalized spacial score (nSPS) is 21.2. The van der Waals surface area contributed by atoms with Gasteiger partial charge in [0.15, 0.2) is 0 Å². The van der Waals surface area contributed by atoms with E-state index in [-0.39, 0.29) is 5.91 Å². The third kappa shape index (κ3) is 3.63. The summed E-state index contributed by atoms with van der Waals surface area (Å²) in [5.74, 6) is -2.16. The largest absolute Gasteiger partial charge is 0.481 e. The first kappa shape index (κ1) is 16.0. The van der Waals surface area contributed by atoms with Gasteiger partial charge in [0.05, 0.1) is 18.4 Å². The number of carbonyl (C=O) groups is 2. The number of carboxylic acid groups (broad SMARTS) is 1. The van der Waals surface area contributed by atoms with Gasteiger partial charge in [-0.15, -0.1) is 0 Å². The molecule has 0 spiro atoms. The first-order chi connectivity index (χ1) is 10.0. The molecule has 0 aromatic heterocycles. The van der Waals surface area contributed by atoms with Crippen LogP contribution in [0.25, 0.3) is 0 Å². The molecule has 2 rings (SSSR count). The van der Waals surface area contributed by atoms with E-state index in [0.717, 1.165) is 16.5 Å². The van der Waals surface area contributed by atoms with Gasteiger partial charge in [-0.2, -0.15) is 0 Å². The van der Waals surface area contributed by atoms with Crippen LogP contribution in [0.2, 0.25) is 0 Å². The van der Waals surface area contributed by atoms with Crippen molar-refractivity contribution in [3.8, 4) is 0 Å². The van der Waals surface area contributed by atoms with E-state index < -0.39 is 17.8 Å². The Kier molecular flexibility index (Phi) is 5.36. The topological polar surface area (TPSA) is 75.6 Å². The molecule has 114 valence electrons. The maximum absolute atomic E-state index is 12.4. The number of carbonyl (C=O) groups excluding carboxylic acids is 1. The number of nitrogens with one attached hydrogen (secondary N) is 1. The molecular formula is C15H18BrNO4.